The standard InChI is InChI=1S/C7H7ClF2N2O/c1-13-5-3(7(9)10)2-12-6(8)4(5)11/h2,7H,11H2,1H3. The average Bonchev–Trinajstić information content (AvgIpc) is 2.09. The summed E-state index contributed by atoms with van der Waals surface area (Å²) in [7, 11) is 1.24. The molecule has 0 aliphatic heterocycles. The number of pyridine rings is 1. The number of aromatic nitrogens is 1. The number of halogens is 3. The summed E-state index contributed by atoms with van der Waals surface area (Å²) in [5.41, 5.74) is 4.95. The van der Waals surface area contributed by atoms with Crippen molar-refractivity contribution in [3.05, 3.63) is 16.9 Å². The maximum Gasteiger partial charge on any atom is 0.268 e. The van der Waals surface area contributed by atoms with Crippen molar-refractivity contribution >= 4 is 17.3 Å². The van der Waals surface area contributed by atoms with Gasteiger partial charge in [-0.2, -0.15) is 0 Å². The van der Waals surface area contributed by atoms with E-state index >= 15 is 0 Å². The van der Waals surface area contributed by atoms with E-state index in [4.69, 9.17) is 17.3 Å². The van der Waals surface area contributed by atoms with Gasteiger partial charge >= 0.3 is 0 Å². The van der Waals surface area contributed by atoms with E-state index in [0.29, 0.717) is 0 Å². The smallest absolute Gasteiger partial charge is 0.268 e. The lowest BCUT2D eigenvalue weighted by molar-refractivity contribution is 0.146. The third kappa shape index (κ3) is 1.80. The molecule has 1 heterocycles. The Hall–Kier alpha value is -1.10. The van der Waals surface area contributed by atoms with Crippen LogP contribution in [0.25, 0.3) is 0 Å². The van der Waals surface area contributed by atoms with Crippen molar-refractivity contribution in [2.75, 3.05) is 12.8 Å². The first-order valence-corrected chi connectivity index (χ1v) is 3.71. The molecule has 0 saturated heterocycles. The van der Waals surface area contributed by atoms with Crippen LogP contribution in [0.4, 0.5) is 14.5 Å². The van der Waals surface area contributed by atoms with Gasteiger partial charge < -0.3 is 10.5 Å². The molecule has 1 rings (SSSR count). The van der Waals surface area contributed by atoms with Crippen molar-refractivity contribution in [3.8, 4) is 5.75 Å². The summed E-state index contributed by atoms with van der Waals surface area (Å²) < 4.78 is 29.3. The maximum atomic E-state index is 12.3. The molecule has 1 aromatic rings. The maximum absolute atomic E-state index is 12.3. The highest BCUT2D eigenvalue weighted by Crippen LogP contribution is 2.36. The Labute approximate surface area is 78.5 Å². The van der Waals surface area contributed by atoms with Crippen LogP contribution in [0.2, 0.25) is 5.15 Å². The van der Waals surface area contributed by atoms with Gasteiger partial charge in [-0.05, 0) is 0 Å². The van der Waals surface area contributed by atoms with Crippen molar-refractivity contribution in [2.24, 2.45) is 0 Å². The van der Waals surface area contributed by atoms with Gasteiger partial charge in [-0.1, -0.05) is 11.6 Å². The Balaban J connectivity index is 3.30. The number of anilines is 1. The number of ether oxygens (including phenoxy) is 1. The first-order valence-electron chi connectivity index (χ1n) is 3.34. The summed E-state index contributed by atoms with van der Waals surface area (Å²) >= 11 is 5.51. The topological polar surface area (TPSA) is 48.1 Å². The van der Waals surface area contributed by atoms with E-state index in [9.17, 15) is 8.78 Å². The molecule has 0 radical (unpaired) electrons. The lowest BCUT2D eigenvalue weighted by atomic mass is 10.2. The zero-order valence-electron chi connectivity index (χ0n) is 6.72. The summed E-state index contributed by atoms with van der Waals surface area (Å²) in [5.74, 6) is -0.116. The number of methoxy groups -OCH3 is 1. The second kappa shape index (κ2) is 3.74. The SMILES string of the molecule is COc1c(C(F)F)cnc(Cl)c1N. The first-order chi connectivity index (χ1) is 6.07. The molecular formula is C7H7ClF2N2O. The summed E-state index contributed by atoms with van der Waals surface area (Å²) in [4.78, 5) is 3.49. The largest absolute Gasteiger partial charge is 0.494 e. The van der Waals surface area contributed by atoms with E-state index in [-0.39, 0.29) is 22.2 Å². The molecule has 0 amide bonds. The van der Waals surface area contributed by atoms with Crippen LogP contribution >= 0.6 is 11.6 Å². The van der Waals surface area contributed by atoms with Crippen LogP contribution in [-0.4, -0.2) is 12.1 Å². The van der Waals surface area contributed by atoms with Crippen molar-refractivity contribution in [1.29, 1.82) is 0 Å². The molecule has 0 fully saturated rings. The number of hydrogen-bond donors (Lipinski definition) is 1. The minimum atomic E-state index is -2.68. The van der Waals surface area contributed by atoms with Gasteiger partial charge in [0, 0.05) is 6.20 Å². The van der Waals surface area contributed by atoms with Gasteiger partial charge in [0.2, 0.25) is 0 Å². The van der Waals surface area contributed by atoms with Crippen LogP contribution < -0.4 is 10.5 Å². The average molecular weight is 209 g/mol. The van der Waals surface area contributed by atoms with E-state index in [1.54, 1.807) is 0 Å². The minimum absolute atomic E-state index is 0.0405. The molecule has 0 aliphatic rings. The van der Waals surface area contributed by atoms with Gasteiger partial charge in [0.05, 0.1) is 12.7 Å². The van der Waals surface area contributed by atoms with Crippen molar-refractivity contribution in [3.63, 3.8) is 0 Å². The van der Waals surface area contributed by atoms with Gasteiger partial charge in [0.1, 0.15) is 5.69 Å². The van der Waals surface area contributed by atoms with E-state index < -0.39 is 6.43 Å². The lowest BCUT2D eigenvalue weighted by Gasteiger charge is -2.10. The highest BCUT2D eigenvalue weighted by molar-refractivity contribution is 6.32. The van der Waals surface area contributed by atoms with Gasteiger partial charge in [-0.25, -0.2) is 13.8 Å². The molecular weight excluding hydrogens is 202 g/mol. The van der Waals surface area contributed by atoms with Crippen LogP contribution in [0.3, 0.4) is 0 Å². The van der Waals surface area contributed by atoms with Crippen LogP contribution in [-0.2, 0) is 0 Å². The summed E-state index contributed by atoms with van der Waals surface area (Å²) in [5, 5.41) is -0.0405. The molecule has 0 aliphatic carbocycles. The van der Waals surface area contributed by atoms with Gasteiger partial charge in [0.15, 0.2) is 10.9 Å². The second-order valence-electron chi connectivity index (χ2n) is 2.25. The van der Waals surface area contributed by atoms with E-state index in [2.05, 4.69) is 9.72 Å². The molecule has 6 heteroatoms. The number of rotatable bonds is 2. The summed E-state index contributed by atoms with van der Waals surface area (Å²) in [6.07, 6.45) is -1.73. The number of nitrogens with two attached hydrogens (primary N) is 1. The monoisotopic (exact) mass is 208 g/mol. The molecule has 3 nitrogen and oxygen atoms in total. The lowest BCUT2D eigenvalue weighted by Crippen LogP contribution is -2.00. The molecule has 0 unspecified atom stereocenters. The quantitative estimate of drug-likeness (QED) is 0.759. The van der Waals surface area contributed by atoms with Crippen LogP contribution in [0, 0.1) is 0 Å². The molecule has 0 bridgehead atoms. The minimum Gasteiger partial charge on any atom is -0.494 e. The van der Waals surface area contributed by atoms with Crippen molar-refractivity contribution in [2.45, 2.75) is 6.43 Å². The fraction of sp³-hybridized carbons (Fsp3) is 0.286. The first kappa shape index (κ1) is 9.98. The summed E-state index contributed by atoms with van der Waals surface area (Å²) in [6, 6.07) is 0. The molecule has 72 valence electrons. The number of nitrogen functional groups attached to an aromatic ring is 1. The molecule has 0 aromatic carbocycles. The fourth-order valence-electron chi connectivity index (χ4n) is 0.887. The predicted molar refractivity (Wildman–Crippen MR) is 45.2 cm³/mol. The molecule has 2 N–H and O–H groups in total. The number of alkyl halides is 2. The number of nitrogens with zero attached hydrogens (tertiary/aromatic N) is 1. The predicted octanol–water partition coefficient (Wildman–Crippen LogP) is 2.26. The van der Waals surface area contributed by atoms with Crippen molar-refractivity contribution < 1.29 is 13.5 Å². The highest BCUT2D eigenvalue weighted by Gasteiger charge is 2.18. The van der Waals surface area contributed by atoms with E-state index in [0.717, 1.165) is 6.20 Å². The second-order valence-corrected chi connectivity index (χ2v) is 2.61. The molecule has 0 spiro atoms. The van der Waals surface area contributed by atoms with Gasteiger partial charge in [0.25, 0.3) is 6.43 Å². The Morgan fingerprint density at radius 2 is 2.23 bits per heavy atom. The Morgan fingerprint density at radius 3 is 2.69 bits per heavy atom. The third-order valence-corrected chi connectivity index (χ3v) is 1.79. The van der Waals surface area contributed by atoms with E-state index in [1.165, 1.54) is 7.11 Å². The van der Waals surface area contributed by atoms with Gasteiger partial charge in [-0.15, -0.1) is 0 Å². The Morgan fingerprint density at radius 1 is 1.62 bits per heavy atom. The Kier molecular flexibility index (Phi) is 2.87. The molecule has 13 heavy (non-hydrogen) atoms. The summed E-state index contributed by atoms with van der Waals surface area (Å²) in [6.45, 7) is 0. The Bertz CT molecular complexity index is 320. The zero-order chi connectivity index (χ0) is 10.0. The van der Waals surface area contributed by atoms with Crippen LogP contribution in [0.15, 0.2) is 6.20 Å². The van der Waals surface area contributed by atoms with Crippen LogP contribution in [0.5, 0.6) is 5.75 Å². The highest BCUT2D eigenvalue weighted by atomic mass is 35.5. The van der Waals surface area contributed by atoms with E-state index in [1.807, 2.05) is 0 Å². The number of hydrogen-bond acceptors (Lipinski definition) is 3. The fourth-order valence-corrected chi connectivity index (χ4v) is 1.02. The zero-order valence-corrected chi connectivity index (χ0v) is 7.48. The molecule has 1 aromatic heterocycles. The third-order valence-electron chi connectivity index (χ3n) is 1.49. The normalized spacial score (nSPS) is 10.5. The van der Waals surface area contributed by atoms with Gasteiger partial charge in [-0.3, -0.25) is 0 Å². The van der Waals surface area contributed by atoms with Crippen molar-refractivity contribution in [1.82, 2.24) is 4.98 Å². The molecule has 0 saturated carbocycles. The van der Waals surface area contributed by atoms with Crippen LogP contribution in [0.1, 0.15) is 12.0 Å². The molecule has 0 atom stereocenters.